The third kappa shape index (κ3) is 10.1. The van der Waals surface area contributed by atoms with Crippen molar-refractivity contribution in [2.75, 3.05) is 27.2 Å². The van der Waals surface area contributed by atoms with Crippen molar-refractivity contribution in [3.8, 4) is 0 Å². The van der Waals surface area contributed by atoms with E-state index in [2.05, 4.69) is 31.2 Å². The first-order valence-electron chi connectivity index (χ1n) is 12.1. The lowest BCUT2D eigenvalue weighted by Gasteiger charge is -2.28. The summed E-state index contributed by atoms with van der Waals surface area (Å²) in [5.74, 6) is 1.09. The molecule has 1 aliphatic carbocycles. The smallest absolute Gasteiger partial charge is 0.228 e. The summed E-state index contributed by atoms with van der Waals surface area (Å²) in [5.41, 5.74) is 1.95. The van der Waals surface area contributed by atoms with E-state index in [4.69, 9.17) is 9.15 Å². The SMILES string of the molecule is C1CCCCC1.C[N+](C)(CCOCc1ccccc1)Cc1cnc([C@H](O)c2ccccc2)o1.[Br-]. The Labute approximate surface area is 215 Å². The minimum Gasteiger partial charge on any atom is -1.00 e. The van der Waals surface area contributed by atoms with Crippen molar-refractivity contribution in [3.63, 3.8) is 0 Å². The maximum absolute atomic E-state index is 10.4. The zero-order valence-corrected chi connectivity index (χ0v) is 22.1. The highest BCUT2D eigenvalue weighted by Crippen LogP contribution is 2.22. The summed E-state index contributed by atoms with van der Waals surface area (Å²) < 4.78 is 12.3. The fraction of sp³-hybridized carbons (Fsp3) is 0.464. The first-order valence-corrected chi connectivity index (χ1v) is 12.1. The molecule has 1 heterocycles. The fourth-order valence-corrected chi connectivity index (χ4v) is 3.94. The standard InChI is InChI=1S/C22H27N2O3.C6H12.BrH/c1-24(2,13-14-26-17-18-9-5-3-6-10-18)16-20-15-23-22(27-20)21(25)19-11-7-4-8-12-19;1-2-4-6-5-3-1;/h3-12,15,21,25H,13-14,16-17H2,1-2H3;1-6H2;1H/q+1;;/p-1/t21-;;/m1../s1. The molecule has 0 unspecified atom stereocenters. The topological polar surface area (TPSA) is 55.5 Å². The molecular formula is C28H39BrN2O3. The summed E-state index contributed by atoms with van der Waals surface area (Å²) in [5, 5.41) is 10.4. The van der Waals surface area contributed by atoms with Gasteiger partial charge in [-0.25, -0.2) is 4.98 Å². The molecule has 0 bridgehead atoms. The van der Waals surface area contributed by atoms with Crippen molar-refractivity contribution < 1.29 is 35.7 Å². The van der Waals surface area contributed by atoms with Crippen LogP contribution in [0.1, 0.15) is 67.4 Å². The van der Waals surface area contributed by atoms with E-state index >= 15 is 0 Å². The Kier molecular flexibility index (Phi) is 12.5. The first-order chi connectivity index (χ1) is 16.0. The van der Waals surface area contributed by atoms with Gasteiger partial charge in [-0.05, 0) is 11.1 Å². The maximum Gasteiger partial charge on any atom is 0.228 e. The van der Waals surface area contributed by atoms with Crippen LogP contribution in [0.5, 0.6) is 0 Å². The van der Waals surface area contributed by atoms with E-state index in [1.54, 1.807) is 6.20 Å². The number of aliphatic hydroxyl groups is 1. The Morgan fingerprint density at radius 3 is 2.06 bits per heavy atom. The summed E-state index contributed by atoms with van der Waals surface area (Å²) >= 11 is 0. The Balaban J connectivity index is 0.000000508. The van der Waals surface area contributed by atoms with Gasteiger partial charge in [-0.3, -0.25) is 0 Å². The van der Waals surface area contributed by atoms with Crippen LogP contribution in [0.25, 0.3) is 0 Å². The molecule has 0 aliphatic heterocycles. The monoisotopic (exact) mass is 530 g/mol. The van der Waals surface area contributed by atoms with Crippen LogP contribution in [0.4, 0.5) is 0 Å². The van der Waals surface area contributed by atoms with Crippen LogP contribution in [0.2, 0.25) is 0 Å². The van der Waals surface area contributed by atoms with Gasteiger partial charge < -0.3 is 35.7 Å². The predicted molar refractivity (Wildman–Crippen MR) is 131 cm³/mol. The molecule has 186 valence electrons. The first kappa shape index (κ1) is 28.2. The number of aliphatic hydroxyl groups excluding tert-OH is 1. The highest BCUT2D eigenvalue weighted by atomic mass is 79.9. The average molecular weight is 532 g/mol. The average Bonchev–Trinajstić information content (AvgIpc) is 3.32. The van der Waals surface area contributed by atoms with Crippen molar-refractivity contribution in [2.24, 2.45) is 0 Å². The second-order valence-corrected chi connectivity index (χ2v) is 9.45. The van der Waals surface area contributed by atoms with Crippen molar-refractivity contribution in [3.05, 3.63) is 89.6 Å². The van der Waals surface area contributed by atoms with E-state index in [0.717, 1.165) is 17.9 Å². The molecule has 34 heavy (non-hydrogen) atoms. The van der Waals surface area contributed by atoms with Gasteiger partial charge in [0.05, 0.1) is 33.5 Å². The van der Waals surface area contributed by atoms with E-state index in [1.807, 2.05) is 48.5 Å². The minimum atomic E-state index is -0.843. The minimum absolute atomic E-state index is 0. The number of benzene rings is 2. The van der Waals surface area contributed by atoms with Crippen molar-refractivity contribution in [2.45, 2.75) is 57.8 Å². The predicted octanol–water partition coefficient (Wildman–Crippen LogP) is 2.89. The molecule has 5 nitrogen and oxygen atoms in total. The molecule has 1 N–H and O–H groups in total. The van der Waals surface area contributed by atoms with Gasteiger partial charge in [0.15, 0.2) is 11.9 Å². The Morgan fingerprint density at radius 1 is 0.912 bits per heavy atom. The molecule has 1 fully saturated rings. The fourth-order valence-electron chi connectivity index (χ4n) is 3.94. The van der Waals surface area contributed by atoms with Crippen molar-refractivity contribution >= 4 is 0 Å². The number of hydrogen-bond acceptors (Lipinski definition) is 4. The number of halogens is 1. The Bertz CT molecular complexity index is 900. The molecule has 0 amide bonds. The molecule has 4 rings (SSSR count). The van der Waals surface area contributed by atoms with Crippen LogP contribution in [0.3, 0.4) is 0 Å². The lowest BCUT2D eigenvalue weighted by molar-refractivity contribution is -0.905. The highest BCUT2D eigenvalue weighted by molar-refractivity contribution is 5.21. The van der Waals surface area contributed by atoms with E-state index in [1.165, 1.54) is 44.1 Å². The van der Waals surface area contributed by atoms with Gasteiger partial charge >= 0.3 is 0 Å². The van der Waals surface area contributed by atoms with E-state index < -0.39 is 6.10 Å². The van der Waals surface area contributed by atoms with Crippen LogP contribution in [0, 0.1) is 0 Å². The number of quaternary nitrogens is 1. The third-order valence-corrected chi connectivity index (χ3v) is 5.96. The number of oxazole rings is 1. The van der Waals surface area contributed by atoms with Gasteiger partial charge in [0.1, 0.15) is 13.1 Å². The second-order valence-electron chi connectivity index (χ2n) is 9.45. The van der Waals surface area contributed by atoms with Crippen LogP contribution >= 0.6 is 0 Å². The van der Waals surface area contributed by atoms with Crippen molar-refractivity contribution in [1.82, 2.24) is 4.98 Å². The maximum atomic E-state index is 10.4. The van der Waals surface area contributed by atoms with Gasteiger partial charge in [0, 0.05) is 0 Å². The summed E-state index contributed by atoms with van der Waals surface area (Å²) in [4.78, 5) is 4.25. The molecule has 0 radical (unpaired) electrons. The lowest BCUT2D eigenvalue weighted by atomic mass is 10.0. The number of aromatic nitrogens is 1. The zero-order chi connectivity index (χ0) is 23.4. The molecule has 0 spiro atoms. The Morgan fingerprint density at radius 2 is 1.47 bits per heavy atom. The quantitative estimate of drug-likeness (QED) is 0.341. The van der Waals surface area contributed by atoms with E-state index in [9.17, 15) is 5.11 Å². The van der Waals surface area contributed by atoms with E-state index in [-0.39, 0.29) is 17.0 Å². The number of nitrogens with zero attached hydrogens (tertiary/aromatic N) is 2. The zero-order valence-electron chi connectivity index (χ0n) is 20.5. The normalized spacial score (nSPS) is 14.4. The largest absolute Gasteiger partial charge is 1.00 e. The summed E-state index contributed by atoms with van der Waals surface area (Å²) in [6, 6.07) is 19.6. The molecule has 1 aliphatic rings. The van der Waals surface area contributed by atoms with Gasteiger partial charge in [0.25, 0.3) is 0 Å². The summed E-state index contributed by atoms with van der Waals surface area (Å²) in [6.07, 6.45) is 9.86. The number of likely N-dealkylation sites (N-methyl/N-ethyl adjacent to an activating group) is 1. The van der Waals surface area contributed by atoms with Crippen LogP contribution < -0.4 is 17.0 Å². The van der Waals surface area contributed by atoms with Crippen molar-refractivity contribution in [1.29, 1.82) is 0 Å². The number of rotatable bonds is 9. The summed E-state index contributed by atoms with van der Waals surface area (Å²) in [6.45, 7) is 2.82. The lowest BCUT2D eigenvalue weighted by Crippen LogP contribution is -3.00. The summed E-state index contributed by atoms with van der Waals surface area (Å²) in [7, 11) is 4.25. The number of ether oxygens (including phenoxy) is 1. The van der Waals surface area contributed by atoms with Crippen LogP contribution in [-0.2, 0) is 17.9 Å². The van der Waals surface area contributed by atoms with Gasteiger partial charge in [-0.15, -0.1) is 0 Å². The molecule has 1 aromatic heterocycles. The second kappa shape index (κ2) is 15.1. The molecular weight excluding hydrogens is 492 g/mol. The molecule has 0 saturated heterocycles. The molecule has 3 aromatic rings. The molecule has 1 saturated carbocycles. The van der Waals surface area contributed by atoms with Crippen LogP contribution in [0.15, 0.2) is 71.3 Å². The molecule has 6 heteroatoms. The van der Waals surface area contributed by atoms with E-state index in [0.29, 0.717) is 30.1 Å². The third-order valence-electron chi connectivity index (χ3n) is 5.96. The van der Waals surface area contributed by atoms with Crippen LogP contribution in [-0.4, -0.2) is 41.8 Å². The Hall–Kier alpha value is -1.99. The van der Waals surface area contributed by atoms with Gasteiger partial charge in [-0.1, -0.05) is 99.2 Å². The molecule has 1 atom stereocenters. The van der Waals surface area contributed by atoms with Gasteiger partial charge in [0.2, 0.25) is 5.89 Å². The van der Waals surface area contributed by atoms with Gasteiger partial charge in [-0.2, -0.15) is 0 Å². The number of hydrogen-bond donors (Lipinski definition) is 1. The highest BCUT2D eigenvalue weighted by Gasteiger charge is 2.21. The molecule has 2 aromatic carbocycles.